The zero-order chi connectivity index (χ0) is 22.3. The van der Waals surface area contributed by atoms with Gasteiger partial charge in [-0.15, -0.1) is 0 Å². The van der Waals surface area contributed by atoms with Crippen molar-refractivity contribution in [2.24, 2.45) is 0 Å². The molecule has 160 valence electrons. The molecular weight excluding hydrogens is 418 g/mol. The molecule has 3 rings (SSSR count). The van der Waals surface area contributed by atoms with Gasteiger partial charge in [0.2, 0.25) is 5.91 Å². The van der Waals surface area contributed by atoms with Gasteiger partial charge in [0.1, 0.15) is 12.3 Å². The van der Waals surface area contributed by atoms with E-state index in [9.17, 15) is 35.9 Å². The maximum atomic E-state index is 13.0. The number of fused-ring (bicyclic) bond motifs is 1. The number of anilines is 2. The summed E-state index contributed by atoms with van der Waals surface area (Å²) in [5.74, 6) is -2.08. The maximum absolute atomic E-state index is 13.0. The Morgan fingerprint density at radius 1 is 1.03 bits per heavy atom. The fraction of sp³-hybridized carbons (Fsp3) is 0.263. The van der Waals surface area contributed by atoms with Crippen LogP contribution in [-0.2, 0) is 21.9 Å². The molecule has 0 aliphatic carbocycles. The number of nitrogens with one attached hydrogen (secondary N) is 1. The fourth-order valence-electron chi connectivity index (χ4n) is 2.90. The van der Waals surface area contributed by atoms with Gasteiger partial charge in [0.15, 0.2) is 6.10 Å². The van der Waals surface area contributed by atoms with Crippen molar-refractivity contribution >= 4 is 23.2 Å². The number of nitrogens with zero attached hydrogens (tertiary/aromatic N) is 1. The van der Waals surface area contributed by atoms with Gasteiger partial charge in [-0.3, -0.25) is 14.5 Å². The third-order valence-corrected chi connectivity index (χ3v) is 4.26. The van der Waals surface area contributed by atoms with Gasteiger partial charge in [-0.1, -0.05) is 12.1 Å². The molecule has 0 fully saturated rings. The first-order valence-corrected chi connectivity index (χ1v) is 8.52. The highest BCUT2D eigenvalue weighted by Gasteiger charge is 2.38. The van der Waals surface area contributed by atoms with Gasteiger partial charge < -0.3 is 10.1 Å². The van der Waals surface area contributed by atoms with Crippen molar-refractivity contribution in [1.29, 1.82) is 0 Å². The van der Waals surface area contributed by atoms with E-state index >= 15 is 0 Å². The molecule has 0 aromatic heterocycles. The summed E-state index contributed by atoms with van der Waals surface area (Å²) in [7, 11) is 0. The molecule has 1 aliphatic rings. The Labute approximate surface area is 166 Å². The van der Waals surface area contributed by atoms with Crippen LogP contribution in [0.3, 0.4) is 0 Å². The lowest BCUT2D eigenvalue weighted by molar-refractivity contribution is -0.143. The maximum Gasteiger partial charge on any atom is 0.416 e. The summed E-state index contributed by atoms with van der Waals surface area (Å²) < 4.78 is 83.1. The highest BCUT2D eigenvalue weighted by Crippen LogP contribution is 2.38. The molecule has 1 heterocycles. The number of carbonyl (C=O) groups is 2. The standard InChI is InChI=1S/C19H14F6N2O3/c1-10(17(29)27-9-16(28)26-14-4-2-3-5-15(14)27)30-13-7-11(18(20,21)22)6-12(8-13)19(23,24)25/h2-8,10H,9H2,1H3,(H,26,28). The summed E-state index contributed by atoms with van der Waals surface area (Å²) in [5.41, 5.74) is -2.45. The largest absolute Gasteiger partial charge is 0.481 e. The van der Waals surface area contributed by atoms with Gasteiger partial charge >= 0.3 is 12.4 Å². The van der Waals surface area contributed by atoms with Crippen LogP contribution >= 0.6 is 0 Å². The highest BCUT2D eigenvalue weighted by molar-refractivity contribution is 6.10. The van der Waals surface area contributed by atoms with Gasteiger partial charge in [0.05, 0.1) is 22.5 Å². The van der Waals surface area contributed by atoms with Gasteiger partial charge in [-0.05, 0) is 37.3 Å². The zero-order valence-corrected chi connectivity index (χ0v) is 15.3. The van der Waals surface area contributed by atoms with Gasteiger partial charge in [-0.2, -0.15) is 26.3 Å². The third-order valence-electron chi connectivity index (χ3n) is 4.26. The third kappa shape index (κ3) is 4.50. The average Bonchev–Trinajstić information content (AvgIpc) is 2.65. The molecule has 2 amide bonds. The SMILES string of the molecule is CC(Oc1cc(C(F)(F)F)cc(C(F)(F)F)c1)C(=O)N1CC(=O)Nc2ccccc21. The Balaban J connectivity index is 1.90. The number of ether oxygens (including phenoxy) is 1. The zero-order valence-electron chi connectivity index (χ0n) is 15.3. The second kappa shape index (κ2) is 7.54. The molecular formula is C19H14F6N2O3. The van der Waals surface area contributed by atoms with E-state index in [-0.39, 0.29) is 12.6 Å². The number of para-hydroxylation sites is 2. The first-order valence-electron chi connectivity index (χ1n) is 8.52. The van der Waals surface area contributed by atoms with Crippen molar-refractivity contribution in [1.82, 2.24) is 0 Å². The van der Waals surface area contributed by atoms with Crippen molar-refractivity contribution in [3.05, 3.63) is 53.6 Å². The Morgan fingerprint density at radius 3 is 2.17 bits per heavy atom. The van der Waals surface area contributed by atoms with Crippen molar-refractivity contribution in [2.45, 2.75) is 25.4 Å². The normalized spacial score (nSPS) is 15.3. The van der Waals surface area contributed by atoms with Gasteiger partial charge in [0, 0.05) is 0 Å². The smallest absolute Gasteiger partial charge is 0.416 e. The number of carbonyl (C=O) groups excluding carboxylic acids is 2. The molecule has 1 aliphatic heterocycles. The van der Waals surface area contributed by atoms with E-state index in [1.54, 1.807) is 18.2 Å². The second-order valence-electron chi connectivity index (χ2n) is 6.49. The Morgan fingerprint density at radius 2 is 1.60 bits per heavy atom. The minimum atomic E-state index is -5.05. The van der Waals surface area contributed by atoms with Crippen molar-refractivity contribution in [3.8, 4) is 5.75 Å². The second-order valence-corrected chi connectivity index (χ2v) is 6.49. The van der Waals surface area contributed by atoms with E-state index in [1.165, 1.54) is 13.0 Å². The van der Waals surface area contributed by atoms with Gasteiger partial charge in [-0.25, -0.2) is 0 Å². The van der Waals surface area contributed by atoms with Crippen LogP contribution in [0.1, 0.15) is 18.1 Å². The van der Waals surface area contributed by atoms with Crippen LogP contribution in [0.15, 0.2) is 42.5 Å². The van der Waals surface area contributed by atoms with Crippen LogP contribution in [0, 0.1) is 0 Å². The quantitative estimate of drug-likeness (QED) is 0.728. The van der Waals surface area contributed by atoms with E-state index in [4.69, 9.17) is 4.74 Å². The van der Waals surface area contributed by atoms with E-state index in [2.05, 4.69) is 5.32 Å². The molecule has 0 saturated heterocycles. The Hall–Kier alpha value is -3.24. The Bertz CT molecular complexity index is 955. The van der Waals surface area contributed by atoms with Crippen LogP contribution in [0.2, 0.25) is 0 Å². The van der Waals surface area contributed by atoms with Crippen molar-refractivity contribution in [3.63, 3.8) is 0 Å². The first kappa shape index (κ1) is 21.5. The molecule has 0 spiro atoms. The average molecular weight is 432 g/mol. The molecule has 1 atom stereocenters. The van der Waals surface area contributed by atoms with Crippen LogP contribution in [0.4, 0.5) is 37.7 Å². The lowest BCUT2D eigenvalue weighted by atomic mass is 10.1. The van der Waals surface area contributed by atoms with E-state index in [1.807, 2.05) is 0 Å². The topological polar surface area (TPSA) is 58.6 Å². The summed E-state index contributed by atoms with van der Waals surface area (Å²) >= 11 is 0. The number of hydrogen-bond acceptors (Lipinski definition) is 3. The molecule has 2 aromatic rings. The number of benzene rings is 2. The molecule has 0 saturated carbocycles. The fourth-order valence-corrected chi connectivity index (χ4v) is 2.90. The molecule has 0 radical (unpaired) electrons. The lowest BCUT2D eigenvalue weighted by Gasteiger charge is -2.31. The molecule has 2 aromatic carbocycles. The molecule has 0 bridgehead atoms. The monoisotopic (exact) mass is 432 g/mol. The van der Waals surface area contributed by atoms with Crippen LogP contribution < -0.4 is 15.0 Å². The van der Waals surface area contributed by atoms with Crippen LogP contribution in [0.25, 0.3) is 0 Å². The Kier molecular flexibility index (Phi) is 5.40. The number of amides is 2. The van der Waals surface area contributed by atoms with Crippen LogP contribution in [-0.4, -0.2) is 24.5 Å². The van der Waals surface area contributed by atoms with Crippen molar-refractivity contribution in [2.75, 3.05) is 16.8 Å². The first-order chi connectivity index (χ1) is 13.9. The number of rotatable bonds is 3. The number of hydrogen-bond donors (Lipinski definition) is 1. The van der Waals surface area contributed by atoms with Crippen LogP contribution in [0.5, 0.6) is 5.75 Å². The van der Waals surface area contributed by atoms with Gasteiger partial charge in [0.25, 0.3) is 5.91 Å². The lowest BCUT2D eigenvalue weighted by Crippen LogP contribution is -2.47. The number of alkyl halides is 6. The summed E-state index contributed by atoms with van der Waals surface area (Å²) in [6.07, 6.45) is -11.6. The summed E-state index contributed by atoms with van der Waals surface area (Å²) in [5, 5.41) is 2.56. The van der Waals surface area contributed by atoms with Crippen molar-refractivity contribution < 1.29 is 40.7 Å². The highest BCUT2D eigenvalue weighted by atomic mass is 19.4. The predicted octanol–water partition coefficient (Wildman–Crippen LogP) is 4.48. The molecule has 11 heteroatoms. The van der Waals surface area contributed by atoms with E-state index in [0.717, 1.165) is 4.90 Å². The minimum Gasteiger partial charge on any atom is -0.481 e. The molecule has 1 unspecified atom stereocenters. The summed E-state index contributed by atoms with van der Waals surface area (Å²) in [6, 6.07) is 7.03. The summed E-state index contributed by atoms with van der Waals surface area (Å²) in [6.45, 7) is 0.797. The van der Waals surface area contributed by atoms with E-state index in [0.29, 0.717) is 23.5 Å². The minimum absolute atomic E-state index is 0.0371. The summed E-state index contributed by atoms with van der Waals surface area (Å²) in [4.78, 5) is 25.6. The molecule has 1 N–H and O–H groups in total. The van der Waals surface area contributed by atoms with E-state index < -0.39 is 47.1 Å². The number of halogens is 6. The molecule has 5 nitrogen and oxygen atoms in total. The predicted molar refractivity (Wildman–Crippen MR) is 94.0 cm³/mol. The molecule has 30 heavy (non-hydrogen) atoms.